The van der Waals surface area contributed by atoms with E-state index in [1.165, 1.54) is 12.3 Å². The predicted molar refractivity (Wildman–Crippen MR) is 105 cm³/mol. The van der Waals surface area contributed by atoms with E-state index in [9.17, 15) is 15.2 Å². The van der Waals surface area contributed by atoms with Crippen molar-refractivity contribution in [1.29, 1.82) is 0 Å². The van der Waals surface area contributed by atoms with E-state index in [4.69, 9.17) is 27.6 Å². The van der Waals surface area contributed by atoms with Gasteiger partial charge in [-0.2, -0.15) is 0 Å². The Balaban J connectivity index is 1.92. The summed E-state index contributed by atoms with van der Waals surface area (Å²) in [7, 11) is 0. The van der Waals surface area contributed by atoms with Crippen LogP contribution in [0.2, 0.25) is 10.0 Å². The van der Waals surface area contributed by atoms with Crippen LogP contribution in [0.15, 0.2) is 33.7 Å². The predicted octanol–water partition coefficient (Wildman–Crippen LogP) is 5.98. The van der Waals surface area contributed by atoms with Crippen molar-refractivity contribution in [1.82, 2.24) is 0 Å². The maximum absolute atomic E-state index is 11.3. The molecule has 0 fully saturated rings. The Morgan fingerprint density at radius 3 is 2.70 bits per heavy atom. The highest BCUT2D eigenvalue weighted by molar-refractivity contribution is 6.42. The number of benzene rings is 2. The first-order valence-electron chi connectivity index (χ1n) is 8.39. The summed E-state index contributed by atoms with van der Waals surface area (Å²) in [6.45, 7) is 0. The van der Waals surface area contributed by atoms with E-state index in [0.717, 1.165) is 37.0 Å². The molecule has 4 rings (SSSR count). The summed E-state index contributed by atoms with van der Waals surface area (Å²) in [5.41, 5.74) is 1.75. The Bertz CT molecular complexity index is 1110. The summed E-state index contributed by atoms with van der Waals surface area (Å²) >= 11 is 11.9. The molecule has 138 valence electrons. The number of fused-ring (bicyclic) bond motifs is 3. The second kappa shape index (κ2) is 6.87. The van der Waals surface area contributed by atoms with E-state index < -0.39 is 16.4 Å². The number of phenols is 1. The lowest BCUT2D eigenvalue weighted by Crippen LogP contribution is -2.00. The molecule has 0 amide bonds. The Morgan fingerprint density at radius 1 is 1.19 bits per heavy atom. The summed E-state index contributed by atoms with van der Waals surface area (Å²) in [6, 6.07) is 6.14. The fourth-order valence-corrected chi connectivity index (χ4v) is 3.69. The second-order valence-corrected chi connectivity index (χ2v) is 7.17. The lowest BCUT2D eigenvalue weighted by Gasteiger charge is -2.10. The second-order valence-electron chi connectivity index (χ2n) is 6.36. The van der Waals surface area contributed by atoms with Gasteiger partial charge in [0.25, 0.3) is 0 Å². The lowest BCUT2D eigenvalue weighted by atomic mass is 9.93. The standard InChI is InChI=1S/C19H14Cl2N2O4/c20-13-6-5-10(7-14(13)21)22-9-12-18-11-3-1-2-4-16(11)27-17(18)8-15(19(12)24)23(25)26/h5-9,24H,1-4H2. The van der Waals surface area contributed by atoms with Crippen LogP contribution in [0.1, 0.15) is 29.7 Å². The van der Waals surface area contributed by atoms with Gasteiger partial charge in [0.05, 0.1) is 32.3 Å². The molecule has 0 spiro atoms. The van der Waals surface area contributed by atoms with Crippen LogP contribution in [0.3, 0.4) is 0 Å². The molecular formula is C19H14Cl2N2O4. The first kappa shape index (κ1) is 17.8. The van der Waals surface area contributed by atoms with Crippen molar-refractivity contribution in [3.63, 3.8) is 0 Å². The fraction of sp³-hybridized carbons (Fsp3) is 0.211. The molecule has 1 N–H and O–H groups in total. The molecule has 0 aliphatic heterocycles. The molecule has 1 aliphatic carbocycles. The third-order valence-corrected chi connectivity index (χ3v) is 5.42. The van der Waals surface area contributed by atoms with Crippen LogP contribution in [0, 0.1) is 10.1 Å². The number of phenolic OH excluding ortho intramolecular Hbond substituents is 1. The molecule has 6 nitrogen and oxygen atoms in total. The lowest BCUT2D eigenvalue weighted by molar-refractivity contribution is -0.385. The summed E-state index contributed by atoms with van der Waals surface area (Å²) in [5.74, 6) is 0.394. The largest absolute Gasteiger partial charge is 0.502 e. The number of hydrogen-bond acceptors (Lipinski definition) is 5. The van der Waals surface area contributed by atoms with Crippen LogP contribution in [0.4, 0.5) is 11.4 Å². The molecule has 1 aromatic heterocycles. The SMILES string of the molecule is O=[N+]([O-])c1cc2oc3c(c2c(C=Nc2ccc(Cl)c(Cl)c2)c1O)CCCC3. The van der Waals surface area contributed by atoms with E-state index in [-0.39, 0.29) is 5.56 Å². The van der Waals surface area contributed by atoms with Crippen molar-refractivity contribution in [3.8, 4) is 5.75 Å². The number of aliphatic imine (C=N–C) groups is 1. The number of nitrogens with zero attached hydrogens (tertiary/aromatic N) is 2. The van der Waals surface area contributed by atoms with Gasteiger partial charge in [-0.25, -0.2) is 0 Å². The Labute approximate surface area is 164 Å². The first-order chi connectivity index (χ1) is 13.0. The van der Waals surface area contributed by atoms with Crippen LogP contribution in [0.25, 0.3) is 11.0 Å². The average molecular weight is 405 g/mol. The number of hydrogen-bond donors (Lipinski definition) is 1. The number of nitro groups is 1. The number of aryl methyl sites for hydroxylation is 2. The van der Waals surface area contributed by atoms with Crippen molar-refractivity contribution in [2.24, 2.45) is 4.99 Å². The Kier molecular flexibility index (Phi) is 4.53. The van der Waals surface area contributed by atoms with Crippen molar-refractivity contribution in [2.75, 3.05) is 0 Å². The van der Waals surface area contributed by atoms with E-state index in [0.29, 0.717) is 26.7 Å². The van der Waals surface area contributed by atoms with E-state index in [1.807, 2.05) is 0 Å². The molecule has 2 aromatic carbocycles. The molecule has 0 bridgehead atoms. The molecule has 0 saturated carbocycles. The number of rotatable bonds is 3. The maximum atomic E-state index is 11.3. The summed E-state index contributed by atoms with van der Waals surface area (Å²) in [6.07, 6.45) is 5.00. The molecule has 0 unspecified atom stereocenters. The Morgan fingerprint density at radius 2 is 1.96 bits per heavy atom. The van der Waals surface area contributed by atoms with Crippen molar-refractivity contribution in [3.05, 3.63) is 61.3 Å². The average Bonchev–Trinajstić information content (AvgIpc) is 3.01. The van der Waals surface area contributed by atoms with Gasteiger partial charge >= 0.3 is 5.69 Å². The zero-order valence-corrected chi connectivity index (χ0v) is 15.5. The van der Waals surface area contributed by atoms with Crippen molar-refractivity contribution in [2.45, 2.75) is 25.7 Å². The van der Waals surface area contributed by atoms with E-state index in [1.54, 1.807) is 18.2 Å². The van der Waals surface area contributed by atoms with Crippen LogP contribution in [-0.4, -0.2) is 16.2 Å². The van der Waals surface area contributed by atoms with Crippen LogP contribution in [0.5, 0.6) is 5.75 Å². The molecule has 1 heterocycles. The highest BCUT2D eigenvalue weighted by Gasteiger charge is 2.27. The maximum Gasteiger partial charge on any atom is 0.315 e. The first-order valence-corrected chi connectivity index (χ1v) is 9.15. The van der Waals surface area contributed by atoms with E-state index >= 15 is 0 Å². The van der Waals surface area contributed by atoms with E-state index in [2.05, 4.69) is 4.99 Å². The molecule has 8 heteroatoms. The monoisotopic (exact) mass is 404 g/mol. The zero-order valence-electron chi connectivity index (χ0n) is 14.0. The summed E-state index contributed by atoms with van der Waals surface area (Å²) in [5, 5.41) is 23.3. The number of halogens is 2. The van der Waals surface area contributed by atoms with Gasteiger partial charge < -0.3 is 9.52 Å². The molecule has 0 saturated heterocycles. The Hall–Kier alpha value is -2.57. The summed E-state index contributed by atoms with van der Waals surface area (Å²) < 4.78 is 5.85. The minimum absolute atomic E-state index is 0.275. The van der Waals surface area contributed by atoms with Gasteiger partial charge in [0.15, 0.2) is 0 Å². The van der Waals surface area contributed by atoms with Gasteiger partial charge in [0.1, 0.15) is 11.3 Å². The van der Waals surface area contributed by atoms with Gasteiger partial charge in [-0.05, 0) is 37.5 Å². The number of furan rings is 1. The topological polar surface area (TPSA) is 88.9 Å². The molecule has 0 radical (unpaired) electrons. The van der Waals surface area contributed by atoms with Crippen LogP contribution in [-0.2, 0) is 12.8 Å². The highest BCUT2D eigenvalue weighted by Crippen LogP contribution is 2.41. The molecular weight excluding hydrogens is 391 g/mol. The van der Waals surface area contributed by atoms with Crippen LogP contribution >= 0.6 is 23.2 Å². The summed E-state index contributed by atoms with van der Waals surface area (Å²) in [4.78, 5) is 15.0. The van der Waals surface area contributed by atoms with Gasteiger partial charge in [-0.1, -0.05) is 23.2 Å². The minimum Gasteiger partial charge on any atom is -0.502 e. The minimum atomic E-state index is -0.632. The van der Waals surface area contributed by atoms with Gasteiger partial charge in [0, 0.05) is 23.6 Å². The smallest absolute Gasteiger partial charge is 0.315 e. The van der Waals surface area contributed by atoms with Gasteiger partial charge in [-0.3, -0.25) is 15.1 Å². The quantitative estimate of drug-likeness (QED) is 0.330. The van der Waals surface area contributed by atoms with Crippen molar-refractivity contribution >= 4 is 51.8 Å². The number of aromatic hydroxyl groups is 1. The molecule has 3 aromatic rings. The highest BCUT2D eigenvalue weighted by atomic mass is 35.5. The van der Waals surface area contributed by atoms with Gasteiger partial charge in [0.2, 0.25) is 5.75 Å². The van der Waals surface area contributed by atoms with Crippen molar-refractivity contribution < 1.29 is 14.4 Å². The normalized spacial score (nSPS) is 14.0. The number of nitro benzene ring substituents is 1. The molecule has 1 aliphatic rings. The molecule has 27 heavy (non-hydrogen) atoms. The molecule has 0 atom stereocenters. The van der Waals surface area contributed by atoms with Crippen LogP contribution < -0.4 is 0 Å². The third kappa shape index (κ3) is 3.15. The van der Waals surface area contributed by atoms with Gasteiger partial charge in [-0.15, -0.1) is 0 Å². The zero-order chi connectivity index (χ0) is 19.1. The fourth-order valence-electron chi connectivity index (χ4n) is 3.40. The third-order valence-electron chi connectivity index (χ3n) is 4.68.